The average Bonchev–Trinajstić information content (AvgIpc) is 2.74. The van der Waals surface area contributed by atoms with Crippen molar-refractivity contribution in [3.05, 3.63) is 44.4 Å². The molecule has 0 unspecified atom stereocenters. The first-order valence-electron chi connectivity index (χ1n) is 9.54. The fourth-order valence-electron chi connectivity index (χ4n) is 2.52. The molecule has 170 valence electrons. The van der Waals surface area contributed by atoms with Crippen LogP contribution in [0, 0.1) is 0 Å². The summed E-state index contributed by atoms with van der Waals surface area (Å²) in [5.74, 6) is 0.215. The van der Waals surface area contributed by atoms with E-state index in [1.807, 2.05) is 0 Å². The largest absolute Gasteiger partial charge is 0.490 e. The molecule has 6 nitrogen and oxygen atoms in total. The topological polar surface area (TPSA) is 71.3 Å². The van der Waals surface area contributed by atoms with Gasteiger partial charge >= 0.3 is 0 Å². The van der Waals surface area contributed by atoms with E-state index in [4.69, 9.17) is 51.1 Å². The molecule has 0 saturated carbocycles. The van der Waals surface area contributed by atoms with Gasteiger partial charge in [0.15, 0.2) is 5.75 Å². The van der Waals surface area contributed by atoms with Crippen molar-refractivity contribution in [2.24, 2.45) is 10.2 Å². The molecule has 0 bridgehead atoms. The molecule has 0 aliphatic heterocycles. The van der Waals surface area contributed by atoms with Gasteiger partial charge in [-0.2, -0.15) is 5.11 Å². The van der Waals surface area contributed by atoms with Gasteiger partial charge in [0.05, 0.1) is 27.2 Å². The van der Waals surface area contributed by atoms with E-state index in [9.17, 15) is 8.42 Å². The van der Waals surface area contributed by atoms with Crippen molar-refractivity contribution in [1.82, 2.24) is 4.31 Å². The first kappa shape index (κ1) is 26.2. The summed E-state index contributed by atoms with van der Waals surface area (Å²) in [6, 6.07) is 5.89. The van der Waals surface area contributed by atoms with Crippen molar-refractivity contribution in [3.63, 3.8) is 0 Å². The summed E-state index contributed by atoms with van der Waals surface area (Å²) in [4.78, 5) is 0.138. The van der Waals surface area contributed by atoms with Crippen LogP contribution in [-0.2, 0) is 10.0 Å². The zero-order valence-corrected chi connectivity index (χ0v) is 21.2. The Balaban J connectivity index is 2.24. The van der Waals surface area contributed by atoms with Crippen LogP contribution in [0.3, 0.4) is 0 Å². The van der Waals surface area contributed by atoms with Gasteiger partial charge in [-0.15, -0.1) is 5.11 Å². The monoisotopic (exact) mass is 525 g/mol. The predicted octanol–water partition coefficient (Wildman–Crippen LogP) is 7.93. The van der Waals surface area contributed by atoms with E-state index in [2.05, 4.69) is 17.2 Å². The minimum atomic E-state index is -3.53. The quantitative estimate of drug-likeness (QED) is 0.179. The van der Waals surface area contributed by atoms with Crippen LogP contribution in [0.4, 0.5) is 11.4 Å². The maximum absolute atomic E-state index is 12.1. The van der Waals surface area contributed by atoms with Crippen LogP contribution in [0.15, 0.2) is 39.4 Å². The first-order chi connectivity index (χ1) is 14.6. The van der Waals surface area contributed by atoms with Crippen molar-refractivity contribution in [1.29, 1.82) is 0 Å². The highest BCUT2D eigenvalue weighted by atomic mass is 35.5. The molecule has 2 aromatic carbocycles. The molecule has 2 aromatic rings. The summed E-state index contributed by atoms with van der Waals surface area (Å²) in [6.07, 6.45) is 4.13. The van der Waals surface area contributed by atoms with Gasteiger partial charge in [-0.3, -0.25) is 0 Å². The lowest BCUT2D eigenvalue weighted by molar-refractivity contribution is 0.305. The van der Waals surface area contributed by atoms with Crippen LogP contribution in [0.25, 0.3) is 0 Å². The van der Waals surface area contributed by atoms with Crippen molar-refractivity contribution < 1.29 is 13.2 Å². The predicted molar refractivity (Wildman–Crippen MR) is 128 cm³/mol. The molecular weight excluding hydrogens is 504 g/mol. The lowest BCUT2D eigenvalue weighted by Gasteiger charge is -2.14. The van der Waals surface area contributed by atoms with Crippen molar-refractivity contribution in [3.8, 4) is 5.75 Å². The molecule has 0 spiro atoms. The molecule has 11 heteroatoms. The number of hydrogen-bond acceptors (Lipinski definition) is 5. The van der Waals surface area contributed by atoms with Gasteiger partial charge < -0.3 is 4.74 Å². The van der Waals surface area contributed by atoms with Crippen molar-refractivity contribution in [2.45, 2.75) is 37.5 Å². The first-order valence-corrected chi connectivity index (χ1v) is 12.5. The van der Waals surface area contributed by atoms with E-state index in [0.29, 0.717) is 12.3 Å². The molecular formula is C20H23Cl4N3O3S. The number of ether oxygens (including phenoxy) is 1. The molecule has 0 aromatic heterocycles. The third-order valence-corrected chi connectivity index (χ3v) is 7.80. The molecule has 0 aliphatic rings. The number of sulfonamides is 1. The Kier molecular flexibility index (Phi) is 9.86. The van der Waals surface area contributed by atoms with E-state index in [0.717, 1.165) is 30.0 Å². The normalized spacial score (nSPS) is 12.1. The molecule has 0 aliphatic carbocycles. The number of unbranched alkanes of at least 4 members (excludes halogenated alkanes) is 3. The van der Waals surface area contributed by atoms with Gasteiger partial charge in [0.2, 0.25) is 10.0 Å². The van der Waals surface area contributed by atoms with Crippen molar-refractivity contribution in [2.75, 3.05) is 20.7 Å². The Morgan fingerprint density at radius 1 is 0.871 bits per heavy atom. The number of rotatable bonds is 10. The zero-order chi connectivity index (χ0) is 23.2. The highest BCUT2D eigenvalue weighted by molar-refractivity contribution is 7.89. The second kappa shape index (κ2) is 11.7. The summed E-state index contributed by atoms with van der Waals surface area (Å²) < 4.78 is 31.1. The Hall–Kier alpha value is -1.09. The Bertz CT molecular complexity index is 1010. The summed E-state index contributed by atoms with van der Waals surface area (Å²) >= 11 is 25.3. The van der Waals surface area contributed by atoms with Gasteiger partial charge in [-0.05, 0) is 30.7 Å². The zero-order valence-electron chi connectivity index (χ0n) is 17.3. The third kappa shape index (κ3) is 6.46. The van der Waals surface area contributed by atoms with Crippen LogP contribution >= 0.6 is 46.4 Å². The minimum absolute atomic E-state index is 0.0650. The minimum Gasteiger partial charge on any atom is -0.490 e. The fourth-order valence-corrected chi connectivity index (χ4v) is 4.43. The maximum atomic E-state index is 12.1. The van der Waals surface area contributed by atoms with Crippen LogP contribution in [0.5, 0.6) is 5.75 Å². The summed E-state index contributed by atoms with van der Waals surface area (Å²) in [5.41, 5.74) is 0.495. The van der Waals surface area contributed by atoms with Gasteiger partial charge in [0.25, 0.3) is 0 Å². The lowest BCUT2D eigenvalue weighted by Crippen LogP contribution is -2.21. The second-order valence-corrected chi connectivity index (χ2v) is 10.5. The summed E-state index contributed by atoms with van der Waals surface area (Å²) in [5, 5.41) is 8.47. The van der Waals surface area contributed by atoms with Gasteiger partial charge in [-0.1, -0.05) is 72.6 Å². The number of azo groups is 1. The SMILES string of the molecule is CCCCCCOc1c(Cl)c(Cl)c(N=Nc2ccc(S(=O)(=O)N(C)C)cc2)c(Cl)c1Cl. The Morgan fingerprint density at radius 2 is 1.45 bits per heavy atom. The maximum Gasteiger partial charge on any atom is 0.242 e. The molecule has 0 amide bonds. The van der Waals surface area contributed by atoms with Crippen LogP contribution in [0.1, 0.15) is 32.6 Å². The van der Waals surface area contributed by atoms with Crippen LogP contribution in [-0.4, -0.2) is 33.4 Å². The molecule has 0 N–H and O–H groups in total. The van der Waals surface area contributed by atoms with E-state index in [1.165, 1.54) is 38.4 Å². The highest BCUT2D eigenvalue weighted by Gasteiger charge is 2.22. The molecule has 0 heterocycles. The van der Waals surface area contributed by atoms with Gasteiger partial charge in [0, 0.05) is 14.1 Å². The molecule has 0 radical (unpaired) electrons. The van der Waals surface area contributed by atoms with Gasteiger partial charge in [-0.25, -0.2) is 12.7 Å². The second-order valence-electron chi connectivity index (χ2n) is 6.82. The Labute approximate surface area is 203 Å². The molecule has 0 fully saturated rings. The number of nitrogens with zero attached hydrogens (tertiary/aromatic N) is 3. The van der Waals surface area contributed by atoms with Crippen LogP contribution < -0.4 is 4.74 Å². The smallest absolute Gasteiger partial charge is 0.242 e. The Morgan fingerprint density at radius 3 is 1.97 bits per heavy atom. The van der Waals surface area contributed by atoms with Crippen LogP contribution in [0.2, 0.25) is 20.1 Å². The standard InChI is InChI=1S/C20H23Cl4N3O3S/c1-4-5-6-7-12-30-20-17(23)15(21)19(16(22)18(20)24)26-25-13-8-10-14(11-9-13)31(28,29)27(2)3/h8-11H,4-7,12H2,1-3H3. The molecule has 0 saturated heterocycles. The molecule has 0 atom stereocenters. The van der Waals surface area contributed by atoms with E-state index in [-0.39, 0.29) is 36.4 Å². The number of halogens is 4. The number of benzene rings is 2. The molecule has 2 rings (SSSR count). The van der Waals surface area contributed by atoms with E-state index in [1.54, 1.807) is 0 Å². The average molecular weight is 527 g/mol. The summed E-state index contributed by atoms with van der Waals surface area (Å²) in [6.45, 7) is 2.57. The van der Waals surface area contributed by atoms with E-state index < -0.39 is 10.0 Å². The number of hydrogen-bond donors (Lipinski definition) is 0. The molecule has 31 heavy (non-hydrogen) atoms. The summed E-state index contributed by atoms with van der Waals surface area (Å²) in [7, 11) is -0.619. The third-order valence-electron chi connectivity index (χ3n) is 4.32. The highest BCUT2D eigenvalue weighted by Crippen LogP contribution is 2.50. The van der Waals surface area contributed by atoms with Gasteiger partial charge in [0.1, 0.15) is 15.7 Å². The van der Waals surface area contributed by atoms with E-state index >= 15 is 0 Å². The van der Waals surface area contributed by atoms with Crippen molar-refractivity contribution >= 4 is 67.8 Å². The fraction of sp³-hybridized carbons (Fsp3) is 0.400. The lowest BCUT2D eigenvalue weighted by atomic mass is 10.2.